The Hall–Kier alpha value is -1.60. The van der Waals surface area contributed by atoms with Crippen molar-refractivity contribution in [2.24, 2.45) is 0 Å². The lowest BCUT2D eigenvalue weighted by molar-refractivity contribution is -0.401. The van der Waals surface area contributed by atoms with Gasteiger partial charge >= 0.3 is 5.88 Å². The molecule has 0 aliphatic carbocycles. The third kappa shape index (κ3) is 2.15. The fourth-order valence-corrected chi connectivity index (χ4v) is 1.99. The van der Waals surface area contributed by atoms with Crippen LogP contribution in [0.5, 0.6) is 0 Å². The summed E-state index contributed by atoms with van der Waals surface area (Å²) in [5, 5.41) is 10.8. The van der Waals surface area contributed by atoms with E-state index in [1.165, 1.54) is 23.5 Å². The Labute approximate surface area is 101 Å². The molecule has 2 N–H and O–H groups in total. The molecule has 0 unspecified atom stereocenters. The highest BCUT2D eigenvalue weighted by Crippen LogP contribution is 2.33. The number of hydrogen-bond acceptors (Lipinski definition) is 6. The lowest BCUT2D eigenvalue weighted by Gasteiger charge is -1.89. The largest absolute Gasteiger partial charge is 0.433 e. The van der Waals surface area contributed by atoms with E-state index in [4.69, 9.17) is 10.2 Å². The zero-order valence-corrected chi connectivity index (χ0v) is 9.80. The summed E-state index contributed by atoms with van der Waals surface area (Å²) in [7, 11) is 0. The second-order valence-electron chi connectivity index (χ2n) is 2.86. The summed E-state index contributed by atoms with van der Waals surface area (Å²) in [6, 6.07) is 2.85. The number of rotatable bonds is 2. The molecule has 6 nitrogen and oxygen atoms in total. The molecule has 0 aliphatic heterocycles. The minimum Gasteiger partial charge on any atom is -0.400 e. The molecule has 0 radical (unpaired) electrons. The van der Waals surface area contributed by atoms with E-state index in [1.807, 2.05) is 0 Å². The second-order valence-corrected chi connectivity index (χ2v) is 3.89. The number of nitrogens with zero attached hydrogens (tertiary/aromatic N) is 2. The van der Waals surface area contributed by atoms with Crippen LogP contribution in [0.1, 0.15) is 5.69 Å². The molecule has 0 saturated carbocycles. The monoisotopic (exact) mass is 261 g/mol. The van der Waals surface area contributed by atoms with E-state index in [9.17, 15) is 10.1 Å². The number of anilines is 1. The minimum atomic E-state index is -0.580. The highest BCUT2D eigenvalue weighted by Gasteiger charge is 2.16. The molecule has 0 bridgehead atoms. The van der Waals surface area contributed by atoms with Gasteiger partial charge in [-0.25, -0.2) is 4.98 Å². The summed E-state index contributed by atoms with van der Waals surface area (Å²) in [4.78, 5) is 14.6. The first kappa shape index (κ1) is 12.5. The number of thiazole rings is 1. The second kappa shape index (κ2) is 4.50. The third-order valence-corrected chi connectivity index (χ3v) is 2.81. The van der Waals surface area contributed by atoms with Crippen LogP contribution in [-0.4, -0.2) is 9.91 Å². The highest BCUT2D eigenvalue weighted by molar-refractivity contribution is 7.18. The summed E-state index contributed by atoms with van der Waals surface area (Å²) in [6.45, 7) is 1.77. The summed E-state index contributed by atoms with van der Waals surface area (Å²) >= 11 is 1.24. The van der Waals surface area contributed by atoms with Gasteiger partial charge in [0.2, 0.25) is 0 Å². The van der Waals surface area contributed by atoms with Gasteiger partial charge in [0.25, 0.3) is 0 Å². The molecule has 2 aromatic rings. The van der Waals surface area contributed by atoms with E-state index in [-0.39, 0.29) is 18.3 Å². The number of nitrogen functional groups attached to an aromatic ring is 1. The lowest BCUT2D eigenvalue weighted by Crippen LogP contribution is -1.82. The van der Waals surface area contributed by atoms with Gasteiger partial charge in [0.15, 0.2) is 10.9 Å². The van der Waals surface area contributed by atoms with Crippen LogP contribution in [0.2, 0.25) is 0 Å². The van der Waals surface area contributed by atoms with Gasteiger partial charge in [-0.3, -0.25) is 10.1 Å². The average molecular weight is 262 g/mol. The Morgan fingerprint density at radius 1 is 1.56 bits per heavy atom. The SMILES string of the molecule is Cc1nc(N)sc1-c1ccc([N+](=O)[O-])o1.Cl. The predicted octanol–water partition coefficient (Wildman–Crippen LogP) is 2.62. The molecule has 0 amide bonds. The van der Waals surface area contributed by atoms with Crippen molar-refractivity contribution in [2.45, 2.75) is 6.92 Å². The number of nitrogens with two attached hydrogens (primary N) is 1. The molecular weight excluding hydrogens is 254 g/mol. The van der Waals surface area contributed by atoms with Gasteiger partial charge < -0.3 is 10.2 Å². The number of nitro groups is 1. The first-order valence-corrected chi connectivity index (χ1v) is 4.87. The van der Waals surface area contributed by atoms with Gasteiger partial charge in [-0.2, -0.15) is 0 Å². The fraction of sp³-hybridized carbons (Fsp3) is 0.125. The predicted molar refractivity (Wildman–Crippen MR) is 62.9 cm³/mol. The molecule has 0 saturated heterocycles. The molecule has 2 aromatic heterocycles. The van der Waals surface area contributed by atoms with Gasteiger partial charge in [-0.1, -0.05) is 11.3 Å². The van der Waals surface area contributed by atoms with Crippen LogP contribution in [0.3, 0.4) is 0 Å². The van der Waals surface area contributed by atoms with Crippen molar-refractivity contribution in [2.75, 3.05) is 5.73 Å². The van der Waals surface area contributed by atoms with Gasteiger partial charge in [0.1, 0.15) is 4.92 Å². The van der Waals surface area contributed by atoms with Gasteiger partial charge in [-0.05, 0) is 13.0 Å². The van der Waals surface area contributed by atoms with E-state index in [1.54, 1.807) is 6.92 Å². The van der Waals surface area contributed by atoms with Crippen LogP contribution in [0.15, 0.2) is 16.5 Å². The zero-order chi connectivity index (χ0) is 11.0. The number of halogens is 1. The van der Waals surface area contributed by atoms with Crippen molar-refractivity contribution < 1.29 is 9.34 Å². The molecular formula is C8H8ClN3O3S. The molecule has 2 rings (SSSR count). The zero-order valence-electron chi connectivity index (χ0n) is 8.17. The molecule has 2 heterocycles. The maximum Gasteiger partial charge on any atom is 0.433 e. The Kier molecular flexibility index (Phi) is 3.51. The standard InChI is InChI=1S/C8H7N3O3S.ClH/c1-4-7(15-8(9)10-4)5-2-3-6(14-5)11(12)13;/h2-3H,1H3,(H2,9,10);1H. The number of aryl methyl sites for hydroxylation is 1. The van der Waals surface area contributed by atoms with E-state index in [0.29, 0.717) is 16.6 Å². The Bertz CT molecular complexity index is 522. The van der Waals surface area contributed by atoms with E-state index < -0.39 is 4.92 Å². The first-order valence-electron chi connectivity index (χ1n) is 4.05. The highest BCUT2D eigenvalue weighted by atomic mass is 35.5. The van der Waals surface area contributed by atoms with Crippen molar-refractivity contribution in [3.05, 3.63) is 27.9 Å². The van der Waals surface area contributed by atoms with Crippen LogP contribution in [-0.2, 0) is 0 Å². The molecule has 86 valence electrons. The molecule has 0 aliphatic rings. The fourth-order valence-electron chi connectivity index (χ4n) is 1.19. The Morgan fingerprint density at radius 2 is 2.25 bits per heavy atom. The van der Waals surface area contributed by atoms with Gasteiger partial charge in [0.05, 0.1) is 16.6 Å². The smallest absolute Gasteiger partial charge is 0.400 e. The van der Waals surface area contributed by atoms with Gasteiger partial charge in [-0.15, -0.1) is 12.4 Å². The summed E-state index contributed by atoms with van der Waals surface area (Å²) in [5.41, 5.74) is 6.23. The van der Waals surface area contributed by atoms with Crippen molar-refractivity contribution >= 4 is 34.8 Å². The normalized spacial score (nSPS) is 9.81. The maximum atomic E-state index is 10.4. The summed E-state index contributed by atoms with van der Waals surface area (Å²) in [6.07, 6.45) is 0. The van der Waals surface area contributed by atoms with E-state index >= 15 is 0 Å². The van der Waals surface area contributed by atoms with Crippen LogP contribution < -0.4 is 5.73 Å². The molecule has 0 atom stereocenters. The average Bonchev–Trinajstić information content (AvgIpc) is 2.71. The maximum absolute atomic E-state index is 10.4. The van der Waals surface area contributed by atoms with Crippen molar-refractivity contribution in [1.29, 1.82) is 0 Å². The molecule has 0 aromatic carbocycles. The summed E-state index contributed by atoms with van der Waals surface area (Å²) < 4.78 is 5.04. The minimum absolute atomic E-state index is 0. The number of aromatic nitrogens is 1. The topological polar surface area (TPSA) is 95.2 Å². The molecule has 16 heavy (non-hydrogen) atoms. The number of furan rings is 1. The molecule has 0 fully saturated rings. The van der Waals surface area contributed by atoms with Crippen LogP contribution in [0, 0.1) is 17.0 Å². The van der Waals surface area contributed by atoms with Crippen molar-refractivity contribution in [1.82, 2.24) is 4.98 Å². The first-order chi connectivity index (χ1) is 7.08. The van der Waals surface area contributed by atoms with Crippen LogP contribution in [0.4, 0.5) is 11.0 Å². The lowest BCUT2D eigenvalue weighted by atomic mass is 10.3. The van der Waals surface area contributed by atoms with E-state index in [0.717, 1.165) is 4.88 Å². The van der Waals surface area contributed by atoms with E-state index in [2.05, 4.69) is 4.98 Å². The van der Waals surface area contributed by atoms with Crippen molar-refractivity contribution in [3.8, 4) is 10.6 Å². The van der Waals surface area contributed by atoms with Gasteiger partial charge in [0, 0.05) is 0 Å². The quantitative estimate of drug-likeness (QED) is 0.662. The Balaban J connectivity index is 0.00000128. The summed E-state index contributed by atoms with van der Waals surface area (Å²) in [5.74, 6) is 0.143. The van der Waals surface area contributed by atoms with Crippen molar-refractivity contribution in [3.63, 3.8) is 0 Å². The van der Waals surface area contributed by atoms with Crippen LogP contribution in [0.25, 0.3) is 10.6 Å². The third-order valence-electron chi connectivity index (χ3n) is 1.81. The Morgan fingerprint density at radius 3 is 2.69 bits per heavy atom. The number of hydrogen-bond donors (Lipinski definition) is 1. The molecule has 0 spiro atoms. The van der Waals surface area contributed by atoms with Crippen LogP contribution >= 0.6 is 23.7 Å². The molecule has 8 heteroatoms.